The first-order valence-electron chi connectivity index (χ1n) is 8.16. The lowest BCUT2D eigenvalue weighted by Crippen LogP contribution is -2.46. The van der Waals surface area contributed by atoms with E-state index in [0.29, 0.717) is 31.3 Å². The van der Waals surface area contributed by atoms with Gasteiger partial charge in [0.25, 0.3) is 5.95 Å². The summed E-state index contributed by atoms with van der Waals surface area (Å²) in [5.41, 5.74) is 7.00. The van der Waals surface area contributed by atoms with Crippen LogP contribution in [0.2, 0.25) is 0 Å². The van der Waals surface area contributed by atoms with Gasteiger partial charge in [-0.25, -0.2) is 14.8 Å². The highest BCUT2D eigenvalue weighted by Gasteiger charge is 2.27. The van der Waals surface area contributed by atoms with Crippen molar-refractivity contribution in [1.29, 1.82) is 0 Å². The molecule has 0 aliphatic carbocycles. The lowest BCUT2D eigenvalue weighted by Gasteiger charge is -2.31. The summed E-state index contributed by atoms with van der Waals surface area (Å²) in [7, 11) is 0. The van der Waals surface area contributed by atoms with E-state index in [2.05, 4.69) is 20.4 Å². The van der Waals surface area contributed by atoms with E-state index in [4.69, 9.17) is 5.73 Å². The van der Waals surface area contributed by atoms with Crippen molar-refractivity contribution in [3.05, 3.63) is 29.7 Å². The van der Waals surface area contributed by atoms with Gasteiger partial charge in [0.1, 0.15) is 5.82 Å². The summed E-state index contributed by atoms with van der Waals surface area (Å²) < 4.78 is 1.48. The number of rotatable bonds is 3. The van der Waals surface area contributed by atoms with Crippen molar-refractivity contribution in [2.45, 2.75) is 26.7 Å². The Balaban J connectivity index is 1.77. The third-order valence-electron chi connectivity index (χ3n) is 4.15. The van der Waals surface area contributed by atoms with Crippen LogP contribution in [-0.2, 0) is 4.79 Å². The first-order chi connectivity index (χ1) is 11.9. The maximum absolute atomic E-state index is 12.5. The molecule has 0 aromatic carbocycles. The van der Waals surface area contributed by atoms with E-state index in [-0.39, 0.29) is 17.9 Å². The van der Waals surface area contributed by atoms with Crippen LogP contribution in [0.15, 0.2) is 18.3 Å². The van der Waals surface area contributed by atoms with Gasteiger partial charge >= 0.3 is 6.03 Å². The highest BCUT2D eigenvalue weighted by molar-refractivity contribution is 5.89. The number of aryl methyl sites for hydroxylation is 2. The number of nitrogens with one attached hydrogen (secondary N) is 1. The summed E-state index contributed by atoms with van der Waals surface area (Å²) in [6.07, 6.45) is 3.03. The molecule has 0 bridgehead atoms. The molecule has 2 aromatic rings. The van der Waals surface area contributed by atoms with Gasteiger partial charge in [-0.15, -0.1) is 0 Å². The number of likely N-dealkylation sites (tertiary alicyclic amines) is 1. The minimum absolute atomic E-state index is 0.294. The summed E-state index contributed by atoms with van der Waals surface area (Å²) in [5, 5.41) is 7.01. The average Bonchev–Trinajstić information content (AvgIpc) is 3.02. The Labute approximate surface area is 145 Å². The number of nitrogens with zero attached hydrogens (tertiary/aromatic N) is 5. The van der Waals surface area contributed by atoms with Crippen LogP contribution < -0.4 is 11.1 Å². The normalized spacial score (nSPS) is 17.4. The van der Waals surface area contributed by atoms with Gasteiger partial charge in [-0.1, -0.05) is 0 Å². The molecule has 9 heteroatoms. The van der Waals surface area contributed by atoms with Gasteiger partial charge in [-0.3, -0.25) is 10.1 Å². The number of hydrogen-bond acceptors (Lipinski definition) is 5. The second-order valence-electron chi connectivity index (χ2n) is 6.20. The third-order valence-corrected chi connectivity index (χ3v) is 4.15. The molecule has 1 atom stereocenters. The van der Waals surface area contributed by atoms with Crippen molar-refractivity contribution in [3.8, 4) is 5.95 Å². The summed E-state index contributed by atoms with van der Waals surface area (Å²) >= 11 is 0. The molecule has 0 spiro atoms. The molecular weight excluding hydrogens is 322 g/mol. The number of hydrogen-bond donors (Lipinski definition) is 2. The number of urea groups is 1. The highest BCUT2D eigenvalue weighted by atomic mass is 16.2. The summed E-state index contributed by atoms with van der Waals surface area (Å²) in [4.78, 5) is 34.2. The molecule has 3 heterocycles. The fraction of sp³-hybridized carbons (Fsp3) is 0.438. The topological polar surface area (TPSA) is 119 Å². The van der Waals surface area contributed by atoms with Crippen molar-refractivity contribution >= 4 is 17.8 Å². The van der Waals surface area contributed by atoms with Crippen LogP contribution in [0.5, 0.6) is 0 Å². The third kappa shape index (κ3) is 3.76. The van der Waals surface area contributed by atoms with Gasteiger partial charge in [0, 0.05) is 30.5 Å². The zero-order valence-corrected chi connectivity index (χ0v) is 14.3. The van der Waals surface area contributed by atoms with Crippen molar-refractivity contribution < 1.29 is 9.59 Å². The number of anilines is 1. The molecule has 25 heavy (non-hydrogen) atoms. The van der Waals surface area contributed by atoms with Crippen LogP contribution in [0.3, 0.4) is 0 Å². The van der Waals surface area contributed by atoms with Gasteiger partial charge in [-0.2, -0.15) is 9.78 Å². The minimum Gasteiger partial charge on any atom is -0.369 e. The molecule has 1 saturated heterocycles. The second-order valence-corrected chi connectivity index (χ2v) is 6.20. The Morgan fingerprint density at radius 2 is 2.00 bits per heavy atom. The van der Waals surface area contributed by atoms with Crippen molar-refractivity contribution in [3.63, 3.8) is 0 Å². The fourth-order valence-electron chi connectivity index (χ4n) is 2.94. The highest BCUT2D eigenvalue weighted by Crippen LogP contribution is 2.18. The fourth-order valence-corrected chi connectivity index (χ4v) is 2.94. The van der Waals surface area contributed by atoms with Crippen LogP contribution in [0.4, 0.5) is 10.6 Å². The van der Waals surface area contributed by atoms with E-state index in [1.807, 2.05) is 19.9 Å². The van der Waals surface area contributed by atoms with E-state index < -0.39 is 0 Å². The number of carbonyl (C=O) groups is 2. The Bertz CT molecular complexity index is 781. The van der Waals surface area contributed by atoms with E-state index in [9.17, 15) is 9.59 Å². The van der Waals surface area contributed by atoms with Crippen molar-refractivity contribution in [1.82, 2.24) is 24.6 Å². The lowest BCUT2D eigenvalue weighted by molar-refractivity contribution is -0.123. The molecule has 9 nitrogen and oxygen atoms in total. The SMILES string of the molecule is Cc1cc(C)nc(-n2nccc2NC(=O)N2CCC[C@H](C(N)=O)C2)n1. The first kappa shape index (κ1) is 16.9. The van der Waals surface area contributed by atoms with Gasteiger partial charge < -0.3 is 10.6 Å². The Hall–Kier alpha value is -2.97. The van der Waals surface area contributed by atoms with Crippen LogP contribution >= 0.6 is 0 Å². The largest absolute Gasteiger partial charge is 0.369 e. The zero-order valence-electron chi connectivity index (χ0n) is 14.3. The smallest absolute Gasteiger partial charge is 0.323 e. The molecule has 3 N–H and O–H groups in total. The molecule has 1 fully saturated rings. The Morgan fingerprint density at radius 3 is 2.68 bits per heavy atom. The zero-order chi connectivity index (χ0) is 18.0. The predicted molar refractivity (Wildman–Crippen MR) is 91.1 cm³/mol. The van der Waals surface area contributed by atoms with E-state index >= 15 is 0 Å². The molecule has 1 aliphatic rings. The maximum Gasteiger partial charge on any atom is 0.323 e. The van der Waals surface area contributed by atoms with Crippen LogP contribution in [0.1, 0.15) is 24.2 Å². The monoisotopic (exact) mass is 343 g/mol. The van der Waals surface area contributed by atoms with Gasteiger partial charge in [0.2, 0.25) is 5.91 Å². The van der Waals surface area contributed by atoms with E-state index in [1.54, 1.807) is 17.2 Å². The number of primary amides is 1. The summed E-state index contributed by atoms with van der Waals surface area (Å²) in [5.74, 6) is 0.195. The predicted octanol–water partition coefficient (Wildman–Crippen LogP) is 1.01. The van der Waals surface area contributed by atoms with E-state index in [1.165, 1.54) is 4.68 Å². The molecule has 2 aromatic heterocycles. The van der Waals surface area contributed by atoms with Crippen molar-refractivity contribution in [2.24, 2.45) is 11.7 Å². The van der Waals surface area contributed by atoms with Crippen LogP contribution in [0.25, 0.3) is 5.95 Å². The maximum atomic E-state index is 12.5. The average molecular weight is 343 g/mol. The number of carbonyl (C=O) groups excluding carboxylic acids is 2. The van der Waals surface area contributed by atoms with Gasteiger partial charge in [0.15, 0.2) is 0 Å². The van der Waals surface area contributed by atoms with Gasteiger partial charge in [-0.05, 0) is 32.8 Å². The summed E-state index contributed by atoms with van der Waals surface area (Å²) in [6.45, 7) is 4.66. The Morgan fingerprint density at radius 1 is 1.28 bits per heavy atom. The molecule has 0 radical (unpaired) electrons. The van der Waals surface area contributed by atoms with Crippen LogP contribution in [0, 0.1) is 19.8 Å². The molecule has 3 rings (SSSR count). The summed E-state index contributed by atoms with van der Waals surface area (Å²) in [6, 6.07) is 3.24. The quantitative estimate of drug-likeness (QED) is 0.862. The number of nitrogens with two attached hydrogens (primary N) is 1. The minimum atomic E-state index is -0.369. The van der Waals surface area contributed by atoms with Crippen LogP contribution in [-0.4, -0.2) is 49.7 Å². The number of aromatic nitrogens is 4. The number of amides is 3. The van der Waals surface area contributed by atoms with E-state index in [0.717, 1.165) is 17.8 Å². The standard InChI is InChI=1S/C16H21N7O2/c1-10-8-11(2)20-15(19-10)23-13(5-6-18-23)21-16(25)22-7-3-4-12(9-22)14(17)24/h5-6,8,12H,3-4,7,9H2,1-2H3,(H2,17,24)(H,21,25)/t12-/m0/s1. The van der Waals surface area contributed by atoms with Crippen molar-refractivity contribution in [2.75, 3.05) is 18.4 Å². The molecule has 132 valence electrons. The Kier molecular flexibility index (Phi) is 4.64. The molecule has 0 unspecified atom stereocenters. The number of piperidine rings is 1. The molecule has 0 saturated carbocycles. The first-order valence-corrected chi connectivity index (χ1v) is 8.16. The van der Waals surface area contributed by atoms with Gasteiger partial charge in [0.05, 0.1) is 12.1 Å². The molecule has 1 aliphatic heterocycles. The lowest BCUT2D eigenvalue weighted by atomic mass is 9.98. The molecular formula is C16H21N7O2. The molecule has 3 amide bonds. The second kappa shape index (κ2) is 6.88.